The van der Waals surface area contributed by atoms with E-state index in [9.17, 15) is 4.79 Å². The van der Waals surface area contributed by atoms with E-state index in [2.05, 4.69) is 17.2 Å². The van der Waals surface area contributed by atoms with Crippen LogP contribution in [0.3, 0.4) is 0 Å². The Labute approximate surface area is 179 Å². The summed E-state index contributed by atoms with van der Waals surface area (Å²) in [5, 5.41) is 4.67. The molecule has 1 aromatic heterocycles. The molecule has 0 radical (unpaired) electrons. The zero-order chi connectivity index (χ0) is 20.3. The number of ketones is 1. The van der Waals surface area contributed by atoms with E-state index in [-0.39, 0.29) is 11.5 Å². The first kappa shape index (κ1) is 20.6. The Morgan fingerprint density at radius 1 is 1.17 bits per heavy atom. The Morgan fingerprint density at radius 2 is 1.93 bits per heavy atom. The van der Waals surface area contributed by atoms with Crippen LogP contribution in [0.4, 0.5) is 0 Å². The average Bonchev–Trinajstić information content (AvgIpc) is 2.74. The lowest BCUT2D eigenvalue weighted by Gasteiger charge is -2.48. The number of halogens is 1. The van der Waals surface area contributed by atoms with Gasteiger partial charge in [0, 0.05) is 29.3 Å². The summed E-state index contributed by atoms with van der Waals surface area (Å²) in [5.41, 5.74) is 2.02. The number of carbonyl (C=O) groups excluding carboxylic acids is 1. The maximum Gasteiger partial charge on any atom is 0.166 e. The van der Waals surface area contributed by atoms with Crippen molar-refractivity contribution in [2.75, 3.05) is 0 Å². The number of Topliss-reactive ketones (excluding diaryl/α,β-unsaturated/α-hetero) is 1. The van der Waals surface area contributed by atoms with Gasteiger partial charge >= 0.3 is 0 Å². The first-order chi connectivity index (χ1) is 14.0. The summed E-state index contributed by atoms with van der Waals surface area (Å²) in [6.45, 7) is 2.24. The number of hydrogen-bond donors (Lipinski definition) is 1. The van der Waals surface area contributed by atoms with Crippen LogP contribution in [0.5, 0.6) is 0 Å². The molecule has 2 aliphatic rings. The Morgan fingerprint density at radius 3 is 2.66 bits per heavy atom. The van der Waals surface area contributed by atoms with Gasteiger partial charge in [0.2, 0.25) is 0 Å². The molecule has 3 nitrogen and oxygen atoms in total. The Kier molecular flexibility index (Phi) is 6.36. The van der Waals surface area contributed by atoms with Crippen molar-refractivity contribution in [2.45, 2.75) is 69.9 Å². The summed E-state index contributed by atoms with van der Waals surface area (Å²) in [4.78, 5) is 17.5. The molecular weight excluding hydrogens is 380 g/mol. The van der Waals surface area contributed by atoms with Gasteiger partial charge in [0.15, 0.2) is 5.78 Å². The molecule has 1 spiro atoms. The molecule has 1 aromatic carbocycles. The second kappa shape index (κ2) is 8.97. The highest BCUT2D eigenvalue weighted by Crippen LogP contribution is 2.42. The molecule has 1 aliphatic heterocycles. The predicted molar refractivity (Wildman–Crippen MR) is 118 cm³/mol. The van der Waals surface area contributed by atoms with Gasteiger partial charge in [0.05, 0.1) is 10.7 Å². The van der Waals surface area contributed by atoms with Gasteiger partial charge in [-0.05, 0) is 76.3 Å². The zero-order valence-corrected chi connectivity index (χ0v) is 18.0. The van der Waals surface area contributed by atoms with Gasteiger partial charge in [-0.1, -0.05) is 41.9 Å². The van der Waals surface area contributed by atoms with Crippen LogP contribution in [-0.4, -0.2) is 22.3 Å². The fraction of sp³-hybridized carbons (Fsp3) is 0.520. The lowest BCUT2D eigenvalue weighted by Crippen LogP contribution is -2.57. The molecule has 1 N–H and O–H groups in total. The van der Waals surface area contributed by atoms with Crippen molar-refractivity contribution in [3.63, 3.8) is 0 Å². The number of piperidine rings is 1. The van der Waals surface area contributed by atoms with Gasteiger partial charge in [0.25, 0.3) is 0 Å². The fourth-order valence-corrected chi connectivity index (χ4v) is 5.69. The minimum absolute atomic E-state index is 0.131. The molecule has 2 heterocycles. The van der Waals surface area contributed by atoms with E-state index in [1.54, 1.807) is 0 Å². The number of aromatic nitrogens is 1. The van der Waals surface area contributed by atoms with Crippen molar-refractivity contribution in [1.82, 2.24) is 10.3 Å². The van der Waals surface area contributed by atoms with Gasteiger partial charge in [-0.25, -0.2) is 0 Å². The molecular formula is C25H31ClN2O. The molecule has 2 aromatic rings. The smallest absolute Gasteiger partial charge is 0.166 e. The van der Waals surface area contributed by atoms with E-state index in [0.29, 0.717) is 11.8 Å². The number of hydrogen-bond acceptors (Lipinski definition) is 3. The molecule has 0 amide bonds. The van der Waals surface area contributed by atoms with Crippen LogP contribution in [0.25, 0.3) is 0 Å². The van der Waals surface area contributed by atoms with Crippen molar-refractivity contribution >= 4 is 17.4 Å². The van der Waals surface area contributed by atoms with Crippen molar-refractivity contribution in [1.29, 1.82) is 0 Å². The van der Waals surface area contributed by atoms with Crippen molar-refractivity contribution in [3.05, 3.63) is 64.9 Å². The van der Waals surface area contributed by atoms with E-state index < -0.39 is 0 Å². The summed E-state index contributed by atoms with van der Waals surface area (Å²) in [6, 6.07) is 14.0. The van der Waals surface area contributed by atoms with Crippen LogP contribution in [-0.2, 0) is 6.42 Å². The highest BCUT2D eigenvalue weighted by molar-refractivity contribution is 6.31. The van der Waals surface area contributed by atoms with Crippen LogP contribution >= 0.6 is 11.6 Å². The lowest BCUT2D eigenvalue weighted by molar-refractivity contribution is 0.0671. The van der Waals surface area contributed by atoms with Crippen molar-refractivity contribution < 1.29 is 4.79 Å². The summed E-state index contributed by atoms with van der Waals surface area (Å²) in [5.74, 6) is 1.18. The summed E-state index contributed by atoms with van der Waals surface area (Å²) >= 11 is 6.27. The summed E-state index contributed by atoms with van der Waals surface area (Å²) in [6.07, 6.45) is 10.6. The van der Waals surface area contributed by atoms with E-state index in [1.165, 1.54) is 12.8 Å². The number of carbonyl (C=O) groups is 1. The van der Waals surface area contributed by atoms with Crippen LogP contribution in [0.1, 0.15) is 67.9 Å². The van der Waals surface area contributed by atoms with Gasteiger partial charge in [0.1, 0.15) is 0 Å². The normalized spacial score (nSPS) is 29.7. The highest BCUT2D eigenvalue weighted by atomic mass is 35.5. The van der Waals surface area contributed by atoms with Crippen LogP contribution < -0.4 is 5.32 Å². The number of benzene rings is 1. The molecule has 1 saturated carbocycles. The van der Waals surface area contributed by atoms with Gasteiger partial charge in [-0.2, -0.15) is 0 Å². The number of nitrogens with zero attached hydrogens (tertiary/aromatic N) is 1. The topological polar surface area (TPSA) is 42.0 Å². The molecule has 2 unspecified atom stereocenters. The molecule has 2 fully saturated rings. The minimum Gasteiger partial charge on any atom is -0.309 e. The second-order valence-corrected chi connectivity index (χ2v) is 9.51. The Hall–Kier alpha value is -1.71. The summed E-state index contributed by atoms with van der Waals surface area (Å²) < 4.78 is 0. The van der Waals surface area contributed by atoms with Crippen LogP contribution in [0.2, 0.25) is 5.02 Å². The third kappa shape index (κ3) is 4.90. The van der Waals surface area contributed by atoms with Gasteiger partial charge in [-0.15, -0.1) is 0 Å². The maximum absolute atomic E-state index is 13.1. The Bertz CT molecular complexity index is 830. The molecule has 2 atom stereocenters. The molecule has 1 aliphatic carbocycles. The Balaban J connectivity index is 1.35. The average molecular weight is 411 g/mol. The van der Waals surface area contributed by atoms with E-state index >= 15 is 0 Å². The first-order valence-electron chi connectivity index (χ1n) is 11.0. The molecule has 154 valence electrons. The van der Waals surface area contributed by atoms with Crippen molar-refractivity contribution in [2.24, 2.45) is 11.8 Å². The molecule has 0 bridgehead atoms. The molecule has 4 heteroatoms. The quantitative estimate of drug-likeness (QED) is 0.627. The second-order valence-electron chi connectivity index (χ2n) is 9.11. The van der Waals surface area contributed by atoms with Gasteiger partial charge < -0.3 is 5.32 Å². The SMILES string of the molecule is CC1CC(C(=O)c2ccccc2)CC2(CCC(CCc3ncccc3Cl)CC2)N1. The molecule has 29 heavy (non-hydrogen) atoms. The minimum atomic E-state index is 0.131. The molecule has 4 rings (SSSR count). The first-order valence-corrected chi connectivity index (χ1v) is 11.4. The van der Waals surface area contributed by atoms with Crippen molar-refractivity contribution in [3.8, 4) is 0 Å². The van der Waals surface area contributed by atoms with Crippen LogP contribution in [0, 0.1) is 11.8 Å². The van der Waals surface area contributed by atoms with E-state index in [0.717, 1.165) is 60.7 Å². The van der Waals surface area contributed by atoms with E-state index in [1.807, 2.05) is 48.7 Å². The third-order valence-electron chi connectivity index (χ3n) is 6.94. The number of rotatable bonds is 5. The highest BCUT2D eigenvalue weighted by Gasteiger charge is 2.43. The standard InChI is InChI=1S/C25H31ClN2O/c1-18-16-21(24(29)20-6-3-2-4-7-20)17-25(28-18)13-11-19(12-14-25)9-10-23-22(26)8-5-15-27-23/h2-8,15,18-19,21,28H,9-14,16-17H2,1H3. The summed E-state index contributed by atoms with van der Waals surface area (Å²) in [7, 11) is 0. The third-order valence-corrected chi connectivity index (χ3v) is 7.29. The maximum atomic E-state index is 13.1. The monoisotopic (exact) mass is 410 g/mol. The molecule has 1 saturated heterocycles. The fourth-order valence-electron chi connectivity index (χ4n) is 5.47. The zero-order valence-electron chi connectivity index (χ0n) is 17.2. The van der Waals surface area contributed by atoms with E-state index in [4.69, 9.17) is 11.6 Å². The van der Waals surface area contributed by atoms with Gasteiger partial charge in [-0.3, -0.25) is 9.78 Å². The van der Waals surface area contributed by atoms with Crippen LogP contribution in [0.15, 0.2) is 48.7 Å². The number of aryl methyl sites for hydroxylation is 1. The number of nitrogens with one attached hydrogen (secondary N) is 1. The predicted octanol–water partition coefficient (Wildman–Crippen LogP) is 5.87. The lowest BCUT2D eigenvalue weighted by atomic mass is 9.67. The number of pyridine rings is 1. The largest absolute Gasteiger partial charge is 0.309 e.